The zero-order valence-corrected chi connectivity index (χ0v) is 9.18. The standard InChI is InChI=1S/C11H17BO3/c1-3-9(2)15-8-10-6-4-5-7-11(10)12(13)14/h4-7,9,13-14H,3,8H2,1-2H3. The van der Waals surface area contributed by atoms with Gasteiger partial charge in [-0.3, -0.25) is 0 Å². The minimum Gasteiger partial charge on any atom is -0.423 e. The van der Waals surface area contributed by atoms with Crippen molar-refractivity contribution >= 4 is 12.6 Å². The van der Waals surface area contributed by atoms with Gasteiger partial charge in [-0.15, -0.1) is 0 Å². The molecule has 1 aromatic carbocycles. The van der Waals surface area contributed by atoms with E-state index in [1.807, 2.05) is 19.1 Å². The summed E-state index contributed by atoms with van der Waals surface area (Å²) in [6.07, 6.45) is 1.14. The predicted molar refractivity (Wildman–Crippen MR) is 60.8 cm³/mol. The molecule has 82 valence electrons. The normalized spacial score (nSPS) is 12.5. The van der Waals surface area contributed by atoms with E-state index in [0.29, 0.717) is 12.1 Å². The van der Waals surface area contributed by atoms with Crippen LogP contribution < -0.4 is 5.46 Å². The van der Waals surface area contributed by atoms with Gasteiger partial charge in [-0.05, 0) is 24.4 Å². The van der Waals surface area contributed by atoms with Crippen molar-refractivity contribution in [3.8, 4) is 0 Å². The minimum atomic E-state index is -1.43. The van der Waals surface area contributed by atoms with Crippen LogP contribution in [0.2, 0.25) is 0 Å². The SMILES string of the molecule is CCC(C)OCc1ccccc1B(O)O. The van der Waals surface area contributed by atoms with Crippen molar-refractivity contribution in [2.24, 2.45) is 0 Å². The first kappa shape index (κ1) is 12.2. The highest BCUT2D eigenvalue weighted by Crippen LogP contribution is 2.04. The molecule has 0 heterocycles. The van der Waals surface area contributed by atoms with Gasteiger partial charge in [0, 0.05) is 0 Å². The summed E-state index contributed by atoms with van der Waals surface area (Å²) in [5, 5.41) is 18.3. The summed E-state index contributed by atoms with van der Waals surface area (Å²) in [6.45, 7) is 4.47. The highest BCUT2D eigenvalue weighted by molar-refractivity contribution is 6.59. The molecule has 1 atom stereocenters. The first-order valence-electron chi connectivity index (χ1n) is 5.20. The minimum absolute atomic E-state index is 0.189. The Kier molecular flexibility index (Phi) is 4.82. The van der Waals surface area contributed by atoms with Crippen molar-refractivity contribution in [2.45, 2.75) is 33.0 Å². The van der Waals surface area contributed by atoms with Gasteiger partial charge in [-0.2, -0.15) is 0 Å². The third kappa shape index (κ3) is 3.66. The van der Waals surface area contributed by atoms with Crippen molar-refractivity contribution in [2.75, 3.05) is 0 Å². The lowest BCUT2D eigenvalue weighted by atomic mass is 9.77. The molecule has 2 N–H and O–H groups in total. The molecule has 0 aromatic heterocycles. The van der Waals surface area contributed by atoms with E-state index in [1.54, 1.807) is 12.1 Å². The Labute approximate surface area is 90.9 Å². The molecule has 4 heteroatoms. The van der Waals surface area contributed by atoms with Crippen molar-refractivity contribution in [1.29, 1.82) is 0 Å². The van der Waals surface area contributed by atoms with Gasteiger partial charge in [0.1, 0.15) is 0 Å². The zero-order chi connectivity index (χ0) is 11.3. The van der Waals surface area contributed by atoms with Gasteiger partial charge in [-0.25, -0.2) is 0 Å². The van der Waals surface area contributed by atoms with Gasteiger partial charge in [0.15, 0.2) is 0 Å². The van der Waals surface area contributed by atoms with Crippen LogP contribution in [-0.4, -0.2) is 23.3 Å². The summed E-state index contributed by atoms with van der Waals surface area (Å²) in [4.78, 5) is 0. The van der Waals surface area contributed by atoms with E-state index in [1.165, 1.54) is 0 Å². The molecular formula is C11H17BO3. The number of benzene rings is 1. The quantitative estimate of drug-likeness (QED) is 0.699. The highest BCUT2D eigenvalue weighted by atomic mass is 16.5. The van der Waals surface area contributed by atoms with Crippen molar-refractivity contribution < 1.29 is 14.8 Å². The molecule has 0 bridgehead atoms. The third-order valence-corrected chi connectivity index (χ3v) is 2.43. The molecule has 3 nitrogen and oxygen atoms in total. The van der Waals surface area contributed by atoms with Gasteiger partial charge in [0.25, 0.3) is 0 Å². The molecule has 0 aliphatic rings. The van der Waals surface area contributed by atoms with Crippen molar-refractivity contribution in [3.63, 3.8) is 0 Å². The van der Waals surface area contributed by atoms with Crippen LogP contribution in [0.5, 0.6) is 0 Å². The molecule has 0 spiro atoms. The van der Waals surface area contributed by atoms with Gasteiger partial charge in [0.2, 0.25) is 0 Å². The average Bonchev–Trinajstić information content (AvgIpc) is 2.26. The zero-order valence-electron chi connectivity index (χ0n) is 9.18. The van der Waals surface area contributed by atoms with Crippen LogP contribution in [0.3, 0.4) is 0 Å². The largest absolute Gasteiger partial charge is 0.488 e. The molecular weight excluding hydrogens is 191 g/mol. The Bertz CT molecular complexity index is 302. The summed E-state index contributed by atoms with van der Waals surface area (Å²) >= 11 is 0. The van der Waals surface area contributed by atoms with Gasteiger partial charge < -0.3 is 14.8 Å². The monoisotopic (exact) mass is 208 g/mol. The van der Waals surface area contributed by atoms with E-state index in [0.717, 1.165) is 12.0 Å². The number of hydrogen-bond acceptors (Lipinski definition) is 3. The molecule has 0 fully saturated rings. The van der Waals surface area contributed by atoms with Crippen LogP contribution in [0, 0.1) is 0 Å². The second-order valence-corrected chi connectivity index (χ2v) is 3.60. The Morgan fingerprint density at radius 1 is 1.33 bits per heavy atom. The first-order chi connectivity index (χ1) is 7.15. The van der Waals surface area contributed by atoms with Crippen molar-refractivity contribution in [1.82, 2.24) is 0 Å². The lowest BCUT2D eigenvalue weighted by Crippen LogP contribution is -2.33. The molecule has 0 aliphatic carbocycles. The fourth-order valence-electron chi connectivity index (χ4n) is 1.27. The molecule has 0 saturated carbocycles. The molecule has 0 aliphatic heterocycles. The molecule has 1 unspecified atom stereocenters. The van der Waals surface area contributed by atoms with Crippen molar-refractivity contribution in [3.05, 3.63) is 29.8 Å². The van der Waals surface area contributed by atoms with E-state index in [9.17, 15) is 0 Å². The fourth-order valence-corrected chi connectivity index (χ4v) is 1.27. The van der Waals surface area contributed by atoms with Crippen LogP contribution in [-0.2, 0) is 11.3 Å². The summed E-state index contributed by atoms with van der Waals surface area (Å²) < 4.78 is 5.55. The van der Waals surface area contributed by atoms with Crippen LogP contribution in [0.4, 0.5) is 0 Å². The summed E-state index contributed by atoms with van der Waals surface area (Å²) in [5.41, 5.74) is 1.34. The van der Waals surface area contributed by atoms with E-state index in [4.69, 9.17) is 14.8 Å². The maximum atomic E-state index is 9.13. The van der Waals surface area contributed by atoms with Gasteiger partial charge in [0.05, 0.1) is 12.7 Å². The molecule has 1 rings (SSSR count). The Morgan fingerprint density at radius 3 is 2.60 bits per heavy atom. The lowest BCUT2D eigenvalue weighted by molar-refractivity contribution is 0.0512. The van der Waals surface area contributed by atoms with Crippen LogP contribution in [0.15, 0.2) is 24.3 Å². The predicted octanol–water partition coefficient (Wildman–Crippen LogP) is 0.681. The fraction of sp³-hybridized carbons (Fsp3) is 0.455. The van der Waals surface area contributed by atoms with E-state index in [-0.39, 0.29) is 6.10 Å². The van der Waals surface area contributed by atoms with Crippen LogP contribution in [0.25, 0.3) is 0 Å². The average molecular weight is 208 g/mol. The Balaban J connectivity index is 2.67. The summed E-state index contributed by atoms with van der Waals surface area (Å²) in [6, 6.07) is 7.18. The van der Waals surface area contributed by atoms with E-state index >= 15 is 0 Å². The van der Waals surface area contributed by atoms with Crippen LogP contribution >= 0.6 is 0 Å². The number of hydrogen-bond donors (Lipinski definition) is 2. The molecule has 0 amide bonds. The third-order valence-electron chi connectivity index (χ3n) is 2.43. The van der Waals surface area contributed by atoms with Gasteiger partial charge >= 0.3 is 7.12 Å². The van der Waals surface area contributed by atoms with E-state index < -0.39 is 7.12 Å². The Hall–Kier alpha value is -0.835. The van der Waals surface area contributed by atoms with Gasteiger partial charge in [-0.1, -0.05) is 31.2 Å². The second-order valence-electron chi connectivity index (χ2n) is 3.60. The first-order valence-corrected chi connectivity index (χ1v) is 5.20. The molecule has 0 saturated heterocycles. The lowest BCUT2D eigenvalue weighted by Gasteiger charge is -2.13. The number of rotatable bonds is 5. The van der Waals surface area contributed by atoms with E-state index in [2.05, 4.69) is 6.92 Å². The topological polar surface area (TPSA) is 49.7 Å². The number of ether oxygens (including phenoxy) is 1. The second kappa shape index (κ2) is 5.90. The summed E-state index contributed by atoms with van der Waals surface area (Å²) in [5.74, 6) is 0. The van der Waals surface area contributed by atoms with Crippen LogP contribution in [0.1, 0.15) is 25.8 Å². The Morgan fingerprint density at radius 2 is 2.00 bits per heavy atom. The maximum Gasteiger partial charge on any atom is 0.488 e. The maximum absolute atomic E-state index is 9.13. The summed E-state index contributed by atoms with van der Waals surface area (Å²) in [7, 11) is -1.43. The smallest absolute Gasteiger partial charge is 0.423 e. The molecule has 15 heavy (non-hydrogen) atoms. The molecule has 1 aromatic rings. The highest BCUT2D eigenvalue weighted by Gasteiger charge is 2.15. The molecule has 0 radical (unpaired) electrons.